The number of rotatable bonds is 4. The Balaban J connectivity index is 1.20. The summed E-state index contributed by atoms with van der Waals surface area (Å²) < 4.78 is 11.5. The van der Waals surface area contributed by atoms with E-state index in [0.717, 1.165) is 10.9 Å². The van der Waals surface area contributed by atoms with E-state index < -0.39 is 6.10 Å². The van der Waals surface area contributed by atoms with E-state index in [1.807, 2.05) is 55.5 Å². The van der Waals surface area contributed by atoms with Crippen molar-refractivity contribution in [3.63, 3.8) is 0 Å². The van der Waals surface area contributed by atoms with Gasteiger partial charge >= 0.3 is 0 Å². The number of carbonyl (C=O) groups excluding carboxylic acids is 2. The molecule has 0 spiro atoms. The van der Waals surface area contributed by atoms with Crippen LogP contribution in [0, 0.1) is 0 Å². The van der Waals surface area contributed by atoms with Crippen LogP contribution in [0.25, 0.3) is 10.9 Å². The second kappa shape index (κ2) is 8.07. The number of Topliss-reactive ketones (excluding diaryl/α,β-unsaturated/α-hetero) is 1. The number of para-hydroxylation sites is 3. The maximum Gasteiger partial charge on any atom is 0.267 e. The van der Waals surface area contributed by atoms with E-state index in [-0.39, 0.29) is 24.3 Å². The highest BCUT2D eigenvalue weighted by atomic mass is 16.6. The van der Waals surface area contributed by atoms with Gasteiger partial charge in [-0.1, -0.05) is 30.3 Å². The maximum atomic E-state index is 13.1. The largest absolute Gasteiger partial charge is 0.485 e. The summed E-state index contributed by atoms with van der Waals surface area (Å²) in [5, 5.41) is 0.947. The Bertz CT molecular complexity index is 1120. The average molecular weight is 419 g/mol. The molecule has 0 aliphatic carbocycles. The third-order valence-electron chi connectivity index (χ3n) is 6.19. The van der Waals surface area contributed by atoms with Crippen LogP contribution < -0.4 is 9.47 Å². The van der Waals surface area contributed by atoms with Crippen molar-refractivity contribution in [2.75, 3.05) is 32.8 Å². The van der Waals surface area contributed by atoms with Gasteiger partial charge in [-0.15, -0.1) is 0 Å². The lowest BCUT2D eigenvalue weighted by atomic mass is 10.0. The van der Waals surface area contributed by atoms with Crippen LogP contribution in [0.1, 0.15) is 17.3 Å². The molecule has 7 heteroatoms. The lowest BCUT2D eigenvalue weighted by Crippen LogP contribution is -2.56. The molecular formula is C24H25N3O4. The number of nitrogens with zero attached hydrogens (tertiary/aromatic N) is 2. The van der Waals surface area contributed by atoms with Gasteiger partial charge in [0.2, 0.25) is 6.10 Å². The van der Waals surface area contributed by atoms with Crippen molar-refractivity contribution in [1.29, 1.82) is 0 Å². The van der Waals surface area contributed by atoms with E-state index in [0.29, 0.717) is 43.2 Å². The lowest BCUT2D eigenvalue weighted by molar-refractivity contribution is -0.143. The summed E-state index contributed by atoms with van der Waals surface area (Å²) in [5.74, 6) is 1.30. The minimum atomic E-state index is -0.633. The molecule has 2 aliphatic heterocycles. The second-order valence-electron chi connectivity index (χ2n) is 8.01. The van der Waals surface area contributed by atoms with Crippen molar-refractivity contribution in [2.24, 2.45) is 0 Å². The van der Waals surface area contributed by atoms with Gasteiger partial charge in [0.15, 0.2) is 17.3 Å². The number of piperazine rings is 1. The molecule has 7 nitrogen and oxygen atoms in total. The molecule has 160 valence electrons. The number of hydrogen-bond acceptors (Lipinski definition) is 5. The molecule has 0 radical (unpaired) electrons. The standard InChI is InChI=1S/C24H25N3O4/c1-16(23(28)18-14-25-19-7-3-2-6-17(18)19)26-10-12-27(13-11-26)24(29)22-15-30-20-8-4-5-9-21(20)31-22/h2-9,14,16,22,25H,10-13,15H2,1H3/t16-,22-/m1/s1. The third kappa shape index (κ3) is 3.65. The molecule has 31 heavy (non-hydrogen) atoms. The number of H-pyrrole nitrogens is 1. The van der Waals surface area contributed by atoms with Gasteiger partial charge in [-0.25, -0.2) is 0 Å². The summed E-state index contributed by atoms with van der Waals surface area (Å²) in [7, 11) is 0. The van der Waals surface area contributed by atoms with E-state index in [1.165, 1.54) is 0 Å². The van der Waals surface area contributed by atoms with Crippen LogP contribution in [0.3, 0.4) is 0 Å². The highest BCUT2D eigenvalue weighted by Gasteiger charge is 2.34. The van der Waals surface area contributed by atoms with Gasteiger partial charge in [-0.3, -0.25) is 14.5 Å². The van der Waals surface area contributed by atoms with Gasteiger partial charge in [-0.05, 0) is 25.1 Å². The average Bonchev–Trinajstić information content (AvgIpc) is 3.26. The number of amides is 1. The van der Waals surface area contributed by atoms with Crippen LogP contribution >= 0.6 is 0 Å². The van der Waals surface area contributed by atoms with Gasteiger partial charge in [0.1, 0.15) is 6.61 Å². The zero-order valence-corrected chi connectivity index (χ0v) is 17.4. The first-order chi connectivity index (χ1) is 15.1. The molecule has 1 fully saturated rings. The first-order valence-electron chi connectivity index (χ1n) is 10.6. The molecule has 2 aromatic carbocycles. The first-order valence-corrected chi connectivity index (χ1v) is 10.6. The maximum absolute atomic E-state index is 13.1. The molecular weight excluding hydrogens is 394 g/mol. The molecule has 5 rings (SSSR count). The highest BCUT2D eigenvalue weighted by Crippen LogP contribution is 2.31. The Kier molecular flexibility index (Phi) is 5.11. The van der Waals surface area contributed by atoms with E-state index in [9.17, 15) is 9.59 Å². The van der Waals surface area contributed by atoms with Gasteiger partial charge in [0.25, 0.3) is 5.91 Å². The Morgan fingerprint density at radius 1 is 1.00 bits per heavy atom. The zero-order valence-electron chi connectivity index (χ0n) is 17.4. The van der Waals surface area contributed by atoms with E-state index in [4.69, 9.17) is 9.47 Å². The van der Waals surface area contributed by atoms with Gasteiger partial charge in [0.05, 0.1) is 6.04 Å². The van der Waals surface area contributed by atoms with Crippen molar-refractivity contribution in [2.45, 2.75) is 19.1 Å². The van der Waals surface area contributed by atoms with Crippen molar-refractivity contribution in [3.8, 4) is 11.5 Å². The van der Waals surface area contributed by atoms with Crippen LogP contribution in [0.15, 0.2) is 54.7 Å². The summed E-state index contributed by atoms with van der Waals surface area (Å²) in [6.07, 6.45) is 1.16. The van der Waals surface area contributed by atoms with Crippen LogP contribution in [-0.2, 0) is 4.79 Å². The summed E-state index contributed by atoms with van der Waals surface area (Å²) in [6.45, 7) is 4.57. The predicted octanol–water partition coefficient (Wildman–Crippen LogP) is 2.72. The normalized spacial score (nSPS) is 19.9. The number of hydrogen-bond donors (Lipinski definition) is 1. The number of ether oxygens (including phenoxy) is 2. The molecule has 0 unspecified atom stereocenters. The molecule has 2 atom stereocenters. The fourth-order valence-corrected chi connectivity index (χ4v) is 4.34. The zero-order chi connectivity index (χ0) is 21.4. The number of benzene rings is 2. The Hall–Kier alpha value is -3.32. The van der Waals surface area contributed by atoms with Crippen molar-refractivity contribution in [1.82, 2.24) is 14.8 Å². The second-order valence-corrected chi connectivity index (χ2v) is 8.01. The fraction of sp³-hybridized carbons (Fsp3) is 0.333. The molecule has 3 aromatic rings. The SMILES string of the molecule is C[C@H](C(=O)c1c[nH]c2ccccc12)N1CCN(C(=O)[C@H]2COc3ccccc3O2)CC1. The van der Waals surface area contributed by atoms with Gasteiger partial charge in [-0.2, -0.15) is 0 Å². The summed E-state index contributed by atoms with van der Waals surface area (Å²) in [6, 6.07) is 15.0. The summed E-state index contributed by atoms with van der Waals surface area (Å²) in [4.78, 5) is 33.2. The number of fused-ring (bicyclic) bond motifs is 2. The van der Waals surface area contributed by atoms with E-state index >= 15 is 0 Å². The molecule has 0 saturated carbocycles. The van der Waals surface area contributed by atoms with Gasteiger partial charge in [0, 0.05) is 48.8 Å². The number of carbonyl (C=O) groups is 2. The first kappa shape index (κ1) is 19.6. The van der Waals surface area contributed by atoms with Crippen molar-refractivity contribution < 1.29 is 19.1 Å². The van der Waals surface area contributed by atoms with Crippen LogP contribution in [0.4, 0.5) is 0 Å². The minimum Gasteiger partial charge on any atom is -0.485 e. The smallest absolute Gasteiger partial charge is 0.267 e. The fourth-order valence-electron chi connectivity index (χ4n) is 4.34. The van der Waals surface area contributed by atoms with E-state index in [1.54, 1.807) is 11.1 Å². The summed E-state index contributed by atoms with van der Waals surface area (Å²) in [5.41, 5.74) is 1.68. The Labute approximate surface area is 180 Å². The van der Waals surface area contributed by atoms with E-state index in [2.05, 4.69) is 9.88 Å². The van der Waals surface area contributed by atoms with Crippen LogP contribution in [-0.4, -0.2) is 71.4 Å². The number of aromatic nitrogens is 1. The number of nitrogens with one attached hydrogen (secondary N) is 1. The monoisotopic (exact) mass is 419 g/mol. The third-order valence-corrected chi connectivity index (χ3v) is 6.19. The minimum absolute atomic E-state index is 0.0650. The Morgan fingerprint density at radius 2 is 1.71 bits per heavy atom. The van der Waals surface area contributed by atoms with Crippen LogP contribution in [0.5, 0.6) is 11.5 Å². The number of ketones is 1. The molecule has 1 amide bonds. The lowest BCUT2D eigenvalue weighted by Gasteiger charge is -2.39. The highest BCUT2D eigenvalue weighted by molar-refractivity contribution is 6.10. The van der Waals surface area contributed by atoms with Crippen molar-refractivity contribution in [3.05, 3.63) is 60.3 Å². The molecule has 3 heterocycles. The topological polar surface area (TPSA) is 74.9 Å². The molecule has 1 N–H and O–H groups in total. The molecule has 2 aliphatic rings. The Morgan fingerprint density at radius 3 is 2.52 bits per heavy atom. The number of aromatic amines is 1. The van der Waals surface area contributed by atoms with Crippen molar-refractivity contribution >= 4 is 22.6 Å². The predicted molar refractivity (Wildman–Crippen MR) is 117 cm³/mol. The quantitative estimate of drug-likeness (QED) is 0.659. The molecule has 1 aromatic heterocycles. The molecule has 0 bridgehead atoms. The summed E-state index contributed by atoms with van der Waals surface area (Å²) >= 11 is 0. The molecule has 1 saturated heterocycles. The van der Waals surface area contributed by atoms with Gasteiger partial charge < -0.3 is 19.4 Å². The van der Waals surface area contributed by atoms with Crippen LogP contribution in [0.2, 0.25) is 0 Å².